The van der Waals surface area contributed by atoms with E-state index in [4.69, 9.17) is 4.74 Å². The van der Waals surface area contributed by atoms with E-state index in [0.29, 0.717) is 11.3 Å². The molecule has 0 spiro atoms. The summed E-state index contributed by atoms with van der Waals surface area (Å²) in [5.74, 6) is -0.809. The third-order valence-corrected chi connectivity index (χ3v) is 3.78. The van der Waals surface area contributed by atoms with E-state index in [9.17, 15) is 14.7 Å². The Hall–Kier alpha value is -2.04. The standard InChI is InChI=1S/C15H19NO4/c1-10(17)16(11-8-9-11)15(2,14(18)19)12-6-4-5-7-13(12)20-3/h4-7,11H,8-9H2,1-3H3,(H,18,19). The highest BCUT2D eigenvalue weighted by molar-refractivity contribution is 5.88. The molecule has 1 amide bonds. The summed E-state index contributed by atoms with van der Waals surface area (Å²) >= 11 is 0. The highest BCUT2D eigenvalue weighted by Gasteiger charge is 2.50. The average molecular weight is 277 g/mol. The molecule has 0 aromatic heterocycles. The number of rotatable bonds is 5. The van der Waals surface area contributed by atoms with Gasteiger partial charge in [0.1, 0.15) is 5.75 Å². The van der Waals surface area contributed by atoms with E-state index >= 15 is 0 Å². The van der Waals surface area contributed by atoms with Gasteiger partial charge in [0.25, 0.3) is 0 Å². The molecule has 1 aromatic carbocycles. The molecule has 5 nitrogen and oxygen atoms in total. The Morgan fingerprint density at radius 3 is 2.40 bits per heavy atom. The normalized spacial score (nSPS) is 17.1. The van der Waals surface area contributed by atoms with Crippen LogP contribution in [0.3, 0.4) is 0 Å². The maximum atomic E-state index is 12.0. The molecule has 20 heavy (non-hydrogen) atoms. The lowest BCUT2D eigenvalue weighted by atomic mass is 9.88. The van der Waals surface area contributed by atoms with E-state index in [-0.39, 0.29) is 11.9 Å². The molecule has 0 bridgehead atoms. The van der Waals surface area contributed by atoms with E-state index < -0.39 is 11.5 Å². The molecule has 1 N–H and O–H groups in total. The molecule has 1 saturated carbocycles. The lowest BCUT2D eigenvalue weighted by Gasteiger charge is -2.38. The molecule has 1 aliphatic rings. The van der Waals surface area contributed by atoms with Crippen molar-refractivity contribution in [2.24, 2.45) is 0 Å². The molecule has 0 radical (unpaired) electrons. The first kappa shape index (κ1) is 14.4. The first-order chi connectivity index (χ1) is 9.42. The van der Waals surface area contributed by atoms with Crippen molar-refractivity contribution in [3.8, 4) is 5.75 Å². The third-order valence-electron chi connectivity index (χ3n) is 3.78. The Bertz CT molecular complexity index is 538. The van der Waals surface area contributed by atoms with Gasteiger partial charge in [0.2, 0.25) is 5.91 Å². The van der Waals surface area contributed by atoms with Crippen LogP contribution in [0.25, 0.3) is 0 Å². The maximum Gasteiger partial charge on any atom is 0.334 e. The zero-order chi connectivity index (χ0) is 14.9. The second-order valence-corrected chi connectivity index (χ2v) is 5.20. The zero-order valence-corrected chi connectivity index (χ0v) is 11.9. The van der Waals surface area contributed by atoms with Gasteiger partial charge >= 0.3 is 5.97 Å². The molecule has 108 valence electrons. The Kier molecular flexibility index (Phi) is 3.70. The summed E-state index contributed by atoms with van der Waals surface area (Å²) in [6.07, 6.45) is 1.69. The number of nitrogens with zero attached hydrogens (tertiary/aromatic N) is 1. The number of carbonyl (C=O) groups excluding carboxylic acids is 1. The van der Waals surface area contributed by atoms with Crippen LogP contribution in [-0.2, 0) is 15.1 Å². The maximum absolute atomic E-state index is 12.0. The molecule has 5 heteroatoms. The van der Waals surface area contributed by atoms with Gasteiger partial charge in [-0.25, -0.2) is 4.79 Å². The number of carbonyl (C=O) groups is 2. The van der Waals surface area contributed by atoms with Crippen molar-refractivity contribution in [1.82, 2.24) is 4.90 Å². The number of carboxylic acid groups (broad SMARTS) is 1. The smallest absolute Gasteiger partial charge is 0.334 e. The number of hydrogen-bond acceptors (Lipinski definition) is 3. The topological polar surface area (TPSA) is 66.8 Å². The monoisotopic (exact) mass is 277 g/mol. The van der Waals surface area contributed by atoms with Crippen LogP contribution in [0.1, 0.15) is 32.3 Å². The molecule has 1 aromatic rings. The molecule has 2 rings (SSSR count). The Balaban J connectivity index is 2.59. The van der Waals surface area contributed by atoms with Crippen LogP contribution in [0.4, 0.5) is 0 Å². The van der Waals surface area contributed by atoms with Crippen molar-refractivity contribution >= 4 is 11.9 Å². The van der Waals surface area contributed by atoms with Crippen molar-refractivity contribution in [2.75, 3.05) is 7.11 Å². The van der Waals surface area contributed by atoms with Crippen LogP contribution in [-0.4, -0.2) is 35.0 Å². The summed E-state index contributed by atoms with van der Waals surface area (Å²) in [5.41, 5.74) is -0.920. The van der Waals surface area contributed by atoms with Crippen LogP contribution in [0, 0.1) is 0 Å². The van der Waals surface area contributed by atoms with Crippen LogP contribution in [0.15, 0.2) is 24.3 Å². The van der Waals surface area contributed by atoms with Gasteiger partial charge in [0.15, 0.2) is 5.54 Å². The fourth-order valence-corrected chi connectivity index (χ4v) is 2.66. The number of para-hydroxylation sites is 1. The Labute approximate surface area is 118 Å². The van der Waals surface area contributed by atoms with Crippen LogP contribution in [0.5, 0.6) is 5.75 Å². The fraction of sp³-hybridized carbons (Fsp3) is 0.467. The molecule has 1 atom stereocenters. The molecular weight excluding hydrogens is 258 g/mol. The number of methoxy groups -OCH3 is 1. The van der Waals surface area contributed by atoms with Crippen molar-refractivity contribution < 1.29 is 19.4 Å². The molecule has 1 aliphatic carbocycles. The van der Waals surface area contributed by atoms with Crippen LogP contribution >= 0.6 is 0 Å². The highest BCUT2D eigenvalue weighted by atomic mass is 16.5. The van der Waals surface area contributed by atoms with Crippen molar-refractivity contribution in [3.05, 3.63) is 29.8 Å². The lowest BCUT2D eigenvalue weighted by molar-refractivity contribution is -0.159. The Morgan fingerprint density at radius 2 is 1.95 bits per heavy atom. The molecular formula is C15H19NO4. The summed E-state index contributed by atoms with van der Waals surface area (Å²) in [6, 6.07) is 6.94. The van der Waals surface area contributed by atoms with E-state index in [1.54, 1.807) is 31.2 Å². The quantitative estimate of drug-likeness (QED) is 0.894. The van der Waals surface area contributed by atoms with Crippen molar-refractivity contribution in [1.29, 1.82) is 0 Å². The van der Waals surface area contributed by atoms with Crippen molar-refractivity contribution in [2.45, 2.75) is 38.3 Å². The minimum atomic E-state index is -1.42. The summed E-state index contributed by atoms with van der Waals surface area (Å²) in [7, 11) is 1.50. The van der Waals surface area contributed by atoms with Gasteiger partial charge in [-0.2, -0.15) is 0 Å². The van der Waals surface area contributed by atoms with E-state index in [2.05, 4.69) is 0 Å². The number of amides is 1. The molecule has 0 aliphatic heterocycles. The summed E-state index contributed by atoms with van der Waals surface area (Å²) < 4.78 is 5.27. The van der Waals surface area contributed by atoms with Gasteiger partial charge in [-0.05, 0) is 25.8 Å². The Morgan fingerprint density at radius 1 is 1.35 bits per heavy atom. The first-order valence-electron chi connectivity index (χ1n) is 6.59. The SMILES string of the molecule is COc1ccccc1C(C)(C(=O)O)N(C(C)=O)C1CC1. The first-order valence-corrected chi connectivity index (χ1v) is 6.59. The van der Waals surface area contributed by atoms with E-state index in [1.807, 2.05) is 0 Å². The van der Waals surface area contributed by atoms with Crippen molar-refractivity contribution in [3.63, 3.8) is 0 Å². The van der Waals surface area contributed by atoms with E-state index in [1.165, 1.54) is 18.9 Å². The number of aliphatic carboxylic acids is 1. The van der Waals surface area contributed by atoms with Gasteiger partial charge < -0.3 is 14.7 Å². The van der Waals surface area contributed by atoms with Crippen LogP contribution < -0.4 is 4.74 Å². The fourth-order valence-electron chi connectivity index (χ4n) is 2.66. The van der Waals surface area contributed by atoms with Gasteiger partial charge in [0, 0.05) is 18.5 Å². The number of benzene rings is 1. The second-order valence-electron chi connectivity index (χ2n) is 5.20. The van der Waals surface area contributed by atoms with Gasteiger partial charge in [-0.1, -0.05) is 18.2 Å². The van der Waals surface area contributed by atoms with Gasteiger partial charge in [0.05, 0.1) is 7.11 Å². The molecule has 0 heterocycles. The van der Waals surface area contributed by atoms with Crippen LogP contribution in [0.2, 0.25) is 0 Å². The van der Waals surface area contributed by atoms with E-state index in [0.717, 1.165) is 12.8 Å². The number of carboxylic acids is 1. The minimum Gasteiger partial charge on any atom is -0.496 e. The minimum absolute atomic E-state index is 0.00138. The summed E-state index contributed by atoms with van der Waals surface area (Å²) in [4.78, 5) is 25.4. The van der Waals surface area contributed by atoms with Gasteiger partial charge in [-0.15, -0.1) is 0 Å². The number of ether oxygens (including phenoxy) is 1. The number of hydrogen-bond donors (Lipinski definition) is 1. The van der Waals surface area contributed by atoms with Gasteiger partial charge in [-0.3, -0.25) is 4.79 Å². The predicted octanol–water partition coefficient (Wildman–Crippen LogP) is 2.01. The lowest BCUT2D eigenvalue weighted by Crippen LogP contribution is -2.53. The zero-order valence-electron chi connectivity index (χ0n) is 11.9. The summed E-state index contributed by atoms with van der Waals surface area (Å²) in [6.45, 7) is 2.97. The molecule has 1 fully saturated rings. The molecule has 0 saturated heterocycles. The largest absolute Gasteiger partial charge is 0.496 e. The second kappa shape index (κ2) is 5.15. The predicted molar refractivity (Wildman–Crippen MR) is 73.5 cm³/mol. The third kappa shape index (κ3) is 2.24. The summed E-state index contributed by atoms with van der Waals surface area (Å²) in [5, 5.41) is 9.75. The molecule has 1 unspecified atom stereocenters. The highest BCUT2D eigenvalue weighted by Crippen LogP contribution is 2.41. The average Bonchev–Trinajstić information content (AvgIpc) is 3.22.